The predicted molar refractivity (Wildman–Crippen MR) is 136 cm³/mol. The number of benzene rings is 2. The van der Waals surface area contributed by atoms with Crippen molar-refractivity contribution in [3.8, 4) is 0 Å². The van der Waals surface area contributed by atoms with E-state index in [0.29, 0.717) is 44.7 Å². The molecule has 0 saturated carbocycles. The van der Waals surface area contributed by atoms with Gasteiger partial charge in [-0.1, -0.05) is 43.7 Å². The SMILES string of the molecule is CCCCOC[C@]12CC[C@@](CO[C@H](C)c3cc(C(F)(F)F)cc(C(F)(F)F)c3)(c3ccccc3)N(CC(=O)N1)C2. The van der Waals surface area contributed by atoms with E-state index < -0.39 is 40.7 Å². The Bertz CT molecular complexity index is 1140. The highest BCUT2D eigenvalue weighted by Crippen LogP contribution is 2.44. The van der Waals surface area contributed by atoms with Crippen LogP contribution >= 0.6 is 0 Å². The quantitative estimate of drug-likeness (QED) is 0.262. The molecule has 4 rings (SSSR count). The molecule has 40 heavy (non-hydrogen) atoms. The summed E-state index contributed by atoms with van der Waals surface area (Å²) in [5, 5.41) is 3.10. The summed E-state index contributed by atoms with van der Waals surface area (Å²) in [6.45, 7) is 4.94. The van der Waals surface area contributed by atoms with Crippen molar-refractivity contribution in [1.29, 1.82) is 0 Å². The van der Waals surface area contributed by atoms with Gasteiger partial charge >= 0.3 is 12.4 Å². The van der Waals surface area contributed by atoms with Crippen molar-refractivity contribution < 1.29 is 40.6 Å². The van der Waals surface area contributed by atoms with Gasteiger partial charge in [0, 0.05) is 13.2 Å². The topological polar surface area (TPSA) is 50.8 Å². The monoisotopic (exact) mass is 572 g/mol. The minimum Gasteiger partial charge on any atom is -0.379 e. The number of rotatable bonds is 10. The van der Waals surface area contributed by atoms with Crippen molar-refractivity contribution in [2.45, 2.75) is 69.1 Å². The molecule has 1 unspecified atom stereocenters. The number of carbonyl (C=O) groups is 1. The number of ether oxygens (including phenoxy) is 2. The second kappa shape index (κ2) is 11.7. The predicted octanol–water partition coefficient (Wildman–Crippen LogP) is 6.48. The van der Waals surface area contributed by atoms with Gasteiger partial charge in [-0.05, 0) is 55.5 Å². The van der Waals surface area contributed by atoms with Crippen LogP contribution in [0.25, 0.3) is 0 Å². The molecule has 5 nitrogen and oxygen atoms in total. The third-order valence-electron chi connectivity index (χ3n) is 7.84. The number of alkyl halides is 6. The molecule has 0 spiro atoms. The lowest BCUT2D eigenvalue weighted by atomic mass is 9.73. The van der Waals surface area contributed by atoms with E-state index in [-0.39, 0.29) is 30.7 Å². The van der Waals surface area contributed by atoms with Gasteiger partial charge in [-0.25, -0.2) is 0 Å². The summed E-state index contributed by atoms with van der Waals surface area (Å²) in [6, 6.07) is 10.9. The maximum atomic E-state index is 13.4. The molecule has 0 radical (unpaired) electrons. The first-order chi connectivity index (χ1) is 18.8. The van der Waals surface area contributed by atoms with Crippen molar-refractivity contribution in [2.24, 2.45) is 0 Å². The molecular weight excluding hydrogens is 538 g/mol. The van der Waals surface area contributed by atoms with Crippen LogP contribution in [-0.4, -0.2) is 49.3 Å². The van der Waals surface area contributed by atoms with Crippen molar-refractivity contribution >= 4 is 5.91 Å². The van der Waals surface area contributed by atoms with E-state index >= 15 is 0 Å². The molecule has 4 atom stereocenters. The summed E-state index contributed by atoms with van der Waals surface area (Å²) < 4.78 is 92.6. The Balaban J connectivity index is 1.62. The maximum Gasteiger partial charge on any atom is 0.416 e. The molecule has 1 N–H and O–H groups in total. The molecule has 1 amide bonds. The molecule has 11 heteroatoms. The first kappa shape index (κ1) is 30.3. The third-order valence-corrected chi connectivity index (χ3v) is 7.84. The average molecular weight is 573 g/mol. The zero-order valence-corrected chi connectivity index (χ0v) is 22.5. The number of piperazine rings is 1. The van der Waals surface area contributed by atoms with Gasteiger partial charge < -0.3 is 14.8 Å². The van der Waals surface area contributed by atoms with E-state index in [2.05, 4.69) is 12.2 Å². The molecule has 2 saturated heterocycles. The Morgan fingerprint density at radius 2 is 1.62 bits per heavy atom. The fourth-order valence-corrected chi connectivity index (χ4v) is 5.58. The summed E-state index contributed by atoms with van der Waals surface area (Å²) in [7, 11) is 0. The Morgan fingerprint density at radius 1 is 0.975 bits per heavy atom. The molecule has 2 aromatic rings. The lowest BCUT2D eigenvalue weighted by Crippen LogP contribution is -2.73. The fourth-order valence-electron chi connectivity index (χ4n) is 5.58. The Morgan fingerprint density at radius 3 is 2.23 bits per heavy atom. The average Bonchev–Trinajstić information content (AvgIpc) is 2.90. The molecule has 0 aliphatic carbocycles. The molecule has 2 aliphatic rings. The van der Waals surface area contributed by atoms with Crippen molar-refractivity contribution in [3.05, 3.63) is 70.8 Å². The van der Waals surface area contributed by atoms with Gasteiger partial charge in [-0.15, -0.1) is 0 Å². The van der Waals surface area contributed by atoms with E-state index in [1.54, 1.807) is 0 Å². The number of hydrogen-bond donors (Lipinski definition) is 1. The zero-order valence-electron chi connectivity index (χ0n) is 22.5. The zero-order chi connectivity index (χ0) is 29.2. The molecule has 0 aromatic heterocycles. The molecular formula is C29H34F6N2O3. The van der Waals surface area contributed by atoms with Gasteiger partial charge in [0.1, 0.15) is 0 Å². The van der Waals surface area contributed by atoms with Crippen molar-refractivity contribution in [1.82, 2.24) is 10.2 Å². The van der Waals surface area contributed by atoms with Crippen LogP contribution in [0.15, 0.2) is 48.5 Å². The van der Waals surface area contributed by atoms with Crippen LogP contribution in [0.1, 0.15) is 67.9 Å². The summed E-state index contributed by atoms with van der Waals surface area (Å²) in [5.74, 6) is -0.175. The lowest BCUT2D eigenvalue weighted by Gasteiger charge is -2.57. The highest BCUT2D eigenvalue weighted by atomic mass is 19.4. The summed E-state index contributed by atoms with van der Waals surface area (Å²) in [4.78, 5) is 14.9. The van der Waals surface area contributed by atoms with Crippen LogP contribution in [0.4, 0.5) is 26.3 Å². The number of piperidine rings is 1. The molecule has 2 fully saturated rings. The Hall–Kier alpha value is -2.63. The number of fused-ring (bicyclic) bond motifs is 2. The normalized spacial score (nSPS) is 25.9. The summed E-state index contributed by atoms with van der Waals surface area (Å²) >= 11 is 0. The second-order valence-electron chi connectivity index (χ2n) is 10.8. The maximum absolute atomic E-state index is 13.4. The minimum atomic E-state index is -4.95. The molecule has 2 bridgehead atoms. The third kappa shape index (κ3) is 6.63. The van der Waals surface area contributed by atoms with E-state index in [1.807, 2.05) is 35.2 Å². The van der Waals surface area contributed by atoms with Crippen LogP contribution in [0.2, 0.25) is 0 Å². The Labute approximate surface area is 229 Å². The number of nitrogens with zero attached hydrogens (tertiary/aromatic N) is 1. The molecule has 2 aromatic carbocycles. The van der Waals surface area contributed by atoms with Crippen LogP contribution in [0, 0.1) is 0 Å². The van der Waals surface area contributed by atoms with E-state index in [1.165, 1.54) is 6.92 Å². The molecule has 220 valence electrons. The number of amides is 1. The molecule has 2 heterocycles. The number of halogens is 6. The van der Waals surface area contributed by atoms with Gasteiger partial charge in [0.2, 0.25) is 5.91 Å². The highest BCUT2D eigenvalue weighted by Gasteiger charge is 2.53. The van der Waals surface area contributed by atoms with Crippen molar-refractivity contribution in [3.63, 3.8) is 0 Å². The van der Waals surface area contributed by atoms with Gasteiger partial charge in [0.05, 0.1) is 48.1 Å². The minimum absolute atomic E-state index is 0.0319. The number of nitrogens with one attached hydrogen (secondary N) is 1. The number of unbranched alkanes of at least 4 members (excludes halogenated alkanes) is 1. The van der Waals surface area contributed by atoms with Gasteiger partial charge in [-0.2, -0.15) is 26.3 Å². The van der Waals surface area contributed by atoms with E-state index in [4.69, 9.17) is 9.47 Å². The van der Waals surface area contributed by atoms with Crippen LogP contribution < -0.4 is 5.32 Å². The largest absolute Gasteiger partial charge is 0.416 e. The van der Waals surface area contributed by atoms with Gasteiger partial charge in [-0.3, -0.25) is 9.69 Å². The van der Waals surface area contributed by atoms with Crippen LogP contribution in [0.5, 0.6) is 0 Å². The van der Waals surface area contributed by atoms with Gasteiger partial charge in [0.15, 0.2) is 0 Å². The van der Waals surface area contributed by atoms with E-state index in [9.17, 15) is 31.1 Å². The lowest BCUT2D eigenvalue weighted by molar-refractivity contribution is -0.148. The second-order valence-corrected chi connectivity index (χ2v) is 10.8. The van der Waals surface area contributed by atoms with Crippen LogP contribution in [0.3, 0.4) is 0 Å². The smallest absolute Gasteiger partial charge is 0.379 e. The van der Waals surface area contributed by atoms with Crippen molar-refractivity contribution in [2.75, 3.05) is 32.9 Å². The standard InChI is InChI=1S/C29H34F6N2O3/c1-3-4-12-39-18-26-10-11-27(22-8-6-5-7-9-22,37(17-26)16-25(38)36-26)19-40-20(2)21-13-23(28(30,31)32)15-24(14-21)29(33,34)35/h5-9,13-15,20H,3-4,10-12,16-19H2,1-2H3,(H,36,38)/t20-,26-,27-/m1/s1. The number of hydrogen-bond acceptors (Lipinski definition) is 4. The number of carbonyl (C=O) groups excluding carboxylic acids is 1. The van der Waals surface area contributed by atoms with Gasteiger partial charge in [0.25, 0.3) is 0 Å². The van der Waals surface area contributed by atoms with E-state index in [0.717, 1.165) is 18.4 Å². The summed E-state index contributed by atoms with van der Waals surface area (Å²) in [6.07, 6.45) is -7.99. The fraction of sp³-hybridized carbons (Fsp3) is 0.552. The molecule has 2 aliphatic heterocycles. The highest BCUT2D eigenvalue weighted by molar-refractivity contribution is 5.80. The first-order valence-electron chi connectivity index (χ1n) is 13.4. The first-order valence-corrected chi connectivity index (χ1v) is 13.4. The summed E-state index contributed by atoms with van der Waals surface area (Å²) in [5.41, 5.74) is -3.54. The Kier molecular flexibility index (Phi) is 8.87. The van der Waals surface area contributed by atoms with Crippen LogP contribution in [-0.2, 0) is 32.2 Å².